The summed E-state index contributed by atoms with van der Waals surface area (Å²) < 4.78 is 15.3. The average molecular weight is 420 g/mol. The highest BCUT2D eigenvalue weighted by molar-refractivity contribution is 6.32. The van der Waals surface area contributed by atoms with Gasteiger partial charge in [0.25, 0.3) is 11.6 Å². The molecule has 1 aromatic carbocycles. The van der Waals surface area contributed by atoms with Gasteiger partial charge in [-0.25, -0.2) is 9.78 Å². The number of anilines is 1. The number of nitro groups is 1. The molecule has 10 nitrogen and oxygen atoms in total. The van der Waals surface area contributed by atoms with Gasteiger partial charge in [-0.15, -0.1) is 0 Å². The lowest BCUT2D eigenvalue weighted by Crippen LogP contribution is -2.29. The first-order chi connectivity index (χ1) is 13.8. The Bertz CT molecular complexity index is 1010. The number of amides is 1. The molecular weight excluding hydrogens is 406 g/mol. The van der Waals surface area contributed by atoms with Gasteiger partial charge in [0.2, 0.25) is 6.79 Å². The van der Waals surface area contributed by atoms with E-state index in [0.717, 1.165) is 6.08 Å². The summed E-state index contributed by atoms with van der Waals surface area (Å²) in [6.07, 6.45) is 2.49. The smallest absolute Gasteiger partial charge is 0.331 e. The summed E-state index contributed by atoms with van der Waals surface area (Å²) in [6, 6.07) is 5.71. The van der Waals surface area contributed by atoms with Crippen LogP contribution < -0.4 is 14.8 Å². The lowest BCUT2D eigenvalue weighted by atomic mass is 10.1. The molecule has 0 fully saturated rings. The van der Waals surface area contributed by atoms with E-state index in [-0.39, 0.29) is 34.6 Å². The Hall–Kier alpha value is -3.66. The van der Waals surface area contributed by atoms with Crippen LogP contribution in [0.25, 0.3) is 6.08 Å². The monoisotopic (exact) mass is 419 g/mol. The van der Waals surface area contributed by atoms with Gasteiger partial charge >= 0.3 is 5.97 Å². The fourth-order valence-corrected chi connectivity index (χ4v) is 2.54. The quantitative estimate of drug-likeness (QED) is 0.248. The van der Waals surface area contributed by atoms with Crippen molar-refractivity contribution in [1.82, 2.24) is 4.98 Å². The van der Waals surface area contributed by atoms with E-state index in [4.69, 9.17) is 25.8 Å². The SMILES string of the molecule is CC(OC(=O)/C=C/c1cc2c(cc1[N+](=O)[O-])OCO2)C(=O)Nc1cccnc1Cl. The Morgan fingerprint density at radius 3 is 2.79 bits per heavy atom. The van der Waals surface area contributed by atoms with Crippen LogP contribution in [0, 0.1) is 10.1 Å². The zero-order valence-electron chi connectivity index (χ0n) is 15.0. The van der Waals surface area contributed by atoms with Gasteiger partial charge in [-0.2, -0.15) is 0 Å². The molecule has 0 aliphatic carbocycles. The predicted molar refractivity (Wildman–Crippen MR) is 102 cm³/mol. The molecule has 1 aromatic heterocycles. The molecule has 0 saturated carbocycles. The number of pyridine rings is 1. The first-order valence-corrected chi connectivity index (χ1v) is 8.61. The third kappa shape index (κ3) is 4.79. The van der Waals surface area contributed by atoms with Crippen molar-refractivity contribution in [3.8, 4) is 11.5 Å². The largest absolute Gasteiger partial charge is 0.454 e. The van der Waals surface area contributed by atoms with Crippen LogP contribution in [0.15, 0.2) is 36.5 Å². The number of carbonyl (C=O) groups excluding carboxylic acids is 2. The minimum atomic E-state index is -1.14. The predicted octanol–water partition coefficient (Wildman–Crippen LogP) is 2.96. The Kier molecular flexibility index (Phi) is 5.93. The molecule has 1 atom stereocenters. The third-order valence-electron chi connectivity index (χ3n) is 3.80. The third-order valence-corrected chi connectivity index (χ3v) is 4.10. The van der Waals surface area contributed by atoms with E-state index in [1.165, 1.54) is 31.3 Å². The maximum absolute atomic E-state index is 12.1. The lowest BCUT2D eigenvalue weighted by Gasteiger charge is -2.12. The zero-order valence-corrected chi connectivity index (χ0v) is 15.7. The molecule has 150 valence electrons. The Morgan fingerprint density at radius 1 is 1.38 bits per heavy atom. The number of rotatable bonds is 6. The van der Waals surface area contributed by atoms with Crippen molar-refractivity contribution in [2.75, 3.05) is 12.1 Å². The summed E-state index contributed by atoms with van der Waals surface area (Å²) in [6.45, 7) is 1.32. The molecule has 1 aliphatic rings. The Balaban J connectivity index is 1.66. The van der Waals surface area contributed by atoms with E-state index in [2.05, 4.69) is 10.3 Å². The van der Waals surface area contributed by atoms with Gasteiger partial charge in [0, 0.05) is 12.3 Å². The molecule has 2 heterocycles. The van der Waals surface area contributed by atoms with Gasteiger partial charge in [-0.1, -0.05) is 11.6 Å². The molecule has 0 spiro atoms. The van der Waals surface area contributed by atoms with Crippen LogP contribution in [0.4, 0.5) is 11.4 Å². The number of benzene rings is 1. The van der Waals surface area contributed by atoms with Gasteiger partial charge in [-0.05, 0) is 31.2 Å². The normalized spacial score (nSPS) is 13.2. The van der Waals surface area contributed by atoms with Crippen molar-refractivity contribution in [1.29, 1.82) is 0 Å². The van der Waals surface area contributed by atoms with Gasteiger partial charge in [0.05, 0.1) is 22.2 Å². The highest BCUT2D eigenvalue weighted by Crippen LogP contribution is 2.38. The van der Waals surface area contributed by atoms with Crippen LogP contribution >= 0.6 is 11.6 Å². The van der Waals surface area contributed by atoms with Crippen LogP contribution in [-0.4, -0.2) is 34.7 Å². The number of halogens is 1. The van der Waals surface area contributed by atoms with Crippen LogP contribution in [0.2, 0.25) is 5.15 Å². The number of carbonyl (C=O) groups is 2. The second kappa shape index (κ2) is 8.57. The standard InChI is InChI=1S/C18H14ClN3O7/c1-10(18(24)21-12-3-2-6-20-17(12)19)29-16(23)5-4-11-7-14-15(28-9-27-14)8-13(11)22(25)26/h2-8,10H,9H2,1H3,(H,21,24)/b5-4+. The summed E-state index contributed by atoms with van der Waals surface area (Å²) in [4.78, 5) is 38.6. The Labute approximate surface area is 169 Å². The first-order valence-electron chi connectivity index (χ1n) is 8.23. The molecule has 0 radical (unpaired) electrons. The van der Waals surface area contributed by atoms with Crippen molar-refractivity contribution >= 4 is 40.9 Å². The van der Waals surface area contributed by atoms with Crippen LogP contribution in [0.5, 0.6) is 11.5 Å². The van der Waals surface area contributed by atoms with Crippen LogP contribution in [0.1, 0.15) is 12.5 Å². The molecule has 3 rings (SSSR count). The number of nitrogens with one attached hydrogen (secondary N) is 1. The number of nitrogens with zero attached hydrogens (tertiary/aromatic N) is 2. The summed E-state index contributed by atoms with van der Waals surface area (Å²) in [5.74, 6) is -0.909. The molecule has 11 heteroatoms. The van der Waals surface area contributed by atoms with E-state index in [9.17, 15) is 19.7 Å². The topological polar surface area (TPSA) is 130 Å². The highest BCUT2D eigenvalue weighted by atomic mass is 35.5. The summed E-state index contributed by atoms with van der Waals surface area (Å²) in [5, 5.41) is 13.8. The molecule has 1 amide bonds. The summed E-state index contributed by atoms with van der Waals surface area (Å²) in [5.41, 5.74) is 0.124. The van der Waals surface area contributed by atoms with Crippen molar-refractivity contribution in [2.24, 2.45) is 0 Å². The Morgan fingerprint density at radius 2 is 2.10 bits per heavy atom. The van der Waals surface area contributed by atoms with E-state index < -0.39 is 22.9 Å². The second-order valence-corrected chi connectivity index (χ2v) is 6.12. The van der Waals surface area contributed by atoms with Gasteiger partial charge in [0.15, 0.2) is 22.8 Å². The van der Waals surface area contributed by atoms with Gasteiger partial charge < -0.3 is 19.5 Å². The summed E-state index contributed by atoms with van der Waals surface area (Å²) >= 11 is 5.86. The number of ether oxygens (including phenoxy) is 3. The number of hydrogen-bond acceptors (Lipinski definition) is 8. The molecule has 0 saturated heterocycles. The maximum Gasteiger partial charge on any atom is 0.331 e. The van der Waals surface area contributed by atoms with Crippen molar-refractivity contribution in [2.45, 2.75) is 13.0 Å². The van der Waals surface area contributed by atoms with Gasteiger partial charge in [0.1, 0.15) is 0 Å². The first kappa shape index (κ1) is 20.1. The number of nitro benzene ring substituents is 1. The minimum Gasteiger partial charge on any atom is -0.454 e. The second-order valence-electron chi connectivity index (χ2n) is 5.76. The minimum absolute atomic E-state index is 0.0464. The lowest BCUT2D eigenvalue weighted by molar-refractivity contribution is -0.385. The van der Waals surface area contributed by atoms with Crippen molar-refractivity contribution in [3.05, 3.63) is 57.4 Å². The maximum atomic E-state index is 12.1. The van der Waals surface area contributed by atoms with Crippen LogP contribution in [-0.2, 0) is 14.3 Å². The molecule has 29 heavy (non-hydrogen) atoms. The number of hydrogen-bond donors (Lipinski definition) is 1. The highest BCUT2D eigenvalue weighted by Gasteiger charge is 2.23. The number of aromatic nitrogens is 1. The van der Waals surface area contributed by atoms with Gasteiger partial charge in [-0.3, -0.25) is 14.9 Å². The average Bonchev–Trinajstić information content (AvgIpc) is 3.14. The van der Waals surface area contributed by atoms with E-state index in [0.29, 0.717) is 5.75 Å². The van der Waals surface area contributed by atoms with E-state index in [1.54, 1.807) is 12.1 Å². The number of esters is 1. The van der Waals surface area contributed by atoms with Crippen molar-refractivity contribution < 1.29 is 28.7 Å². The molecule has 1 aliphatic heterocycles. The molecule has 2 aromatic rings. The number of fused-ring (bicyclic) bond motifs is 1. The zero-order chi connectivity index (χ0) is 21.0. The fourth-order valence-electron chi connectivity index (χ4n) is 2.38. The summed E-state index contributed by atoms with van der Waals surface area (Å²) in [7, 11) is 0. The fraction of sp³-hybridized carbons (Fsp3) is 0.167. The van der Waals surface area contributed by atoms with Crippen LogP contribution in [0.3, 0.4) is 0 Å². The molecule has 1 N–H and O–H groups in total. The molecular formula is C18H14ClN3O7. The van der Waals surface area contributed by atoms with E-state index in [1.807, 2.05) is 0 Å². The van der Waals surface area contributed by atoms with E-state index >= 15 is 0 Å². The molecule has 0 bridgehead atoms. The molecule has 1 unspecified atom stereocenters. The van der Waals surface area contributed by atoms with Crippen molar-refractivity contribution in [3.63, 3.8) is 0 Å².